The lowest BCUT2D eigenvalue weighted by atomic mass is 9.98. The summed E-state index contributed by atoms with van der Waals surface area (Å²) in [4.78, 5) is 0. The normalized spacial score (nSPS) is 11.2. The van der Waals surface area contributed by atoms with Crippen LogP contribution >= 0.6 is 0 Å². The molecule has 3 heteroatoms. The van der Waals surface area contributed by atoms with Crippen LogP contribution in [0, 0.1) is 0 Å². The molecule has 0 unspecified atom stereocenters. The molecule has 0 saturated carbocycles. The third-order valence-electron chi connectivity index (χ3n) is 3.33. The van der Waals surface area contributed by atoms with Gasteiger partial charge in [0.2, 0.25) is 0 Å². The SMILES string of the molecule is CC(C)c1ccc(-c2cnn(C)c2CCN)cc1. The summed E-state index contributed by atoms with van der Waals surface area (Å²) < 4.78 is 1.92. The Balaban J connectivity index is 2.36. The largest absolute Gasteiger partial charge is 0.330 e. The molecule has 96 valence electrons. The highest BCUT2D eigenvalue weighted by Crippen LogP contribution is 2.25. The quantitative estimate of drug-likeness (QED) is 0.897. The molecule has 0 spiro atoms. The van der Waals surface area contributed by atoms with E-state index in [1.54, 1.807) is 0 Å². The van der Waals surface area contributed by atoms with Crippen LogP contribution in [-0.4, -0.2) is 16.3 Å². The number of nitrogens with two attached hydrogens (primary N) is 1. The first kappa shape index (κ1) is 12.8. The van der Waals surface area contributed by atoms with Crippen molar-refractivity contribution in [2.24, 2.45) is 12.8 Å². The Morgan fingerprint density at radius 1 is 1.22 bits per heavy atom. The van der Waals surface area contributed by atoms with Gasteiger partial charge in [-0.3, -0.25) is 4.68 Å². The highest BCUT2D eigenvalue weighted by Gasteiger charge is 2.10. The molecule has 0 aliphatic heterocycles. The number of rotatable bonds is 4. The van der Waals surface area contributed by atoms with Crippen LogP contribution < -0.4 is 5.73 Å². The minimum atomic E-state index is 0.566. The van der Waals surface area contributed by atoms with Gasteiger partial charge in [0.05, 0.1) is 6.20 Å². The molecule has 0 bridgehead atoms. The van der Waals surface area contributed by atoms with Crippen LogP contribution in [-0.2, 0) is 13.5 Å². The Bertz CT molecular complexity index is 509. The Kier molecular flexibility index (Phi) is 3.82. The van der Waals surface area contributed by atoms with E-state index in [4.69, 9.17) is 5.73 Å². The van der Waals surface area contributed by atoms with Crippen LogP contribution in [0.15, 0.2) is 30.5 Å². The molecular formula is C15H21N3. The van der Waals surface area contributed by atoms with E-state index in [2.05, 4.69) is 43.2 Å². The van der Waals surface area contributed by atoms with Crippen LogP contribution in [0.2, 0.25) is 0 Å². The fourth-order valence-electron chi connectivity index (χ4n) is 2.18. The van der Waals surface area contributed by atoms with Crippen molar-refractivity contribution in [1.29, 1.82) is 0 Å². The van der Waals surface area contributed by atoms with Crippen LogP contribution in [0.1, 0.15) is 31.0 Å². The molecule has 0 aliphatic carbocycles. The van der Waals surface area contributed by atoms with Gasteiger partial charge in [0.25, 0.3) is 0 Å². The Hall–Kier alpha value is -1.61. The van der Waals surface area contributed by atoms with E-state index in [0.29, 0.717) is 12.5 Å². The topological polar surface area (TPSA) is 43.8 Å². The third-order valence-corrected chi connectivity index (χ3v) is 3.33. The molecule has 2 N–H and O–H groups in total. The lowest BCUT2D eigenvalue weighted by Gasteiger charge is -2.08. The Morgan fingerprint density at radius 2 is 1.89 bits per heavy atom. The van der Waals surface area contributed by atoms with Gasteiger partial charge in [-0.25, -0.2) is 0 Å². The van der Waals surface area contributed by atoms with E-state index in [0.717, 1.165) is 6.42 Å². The van der Waals surface area contributed by atoms with E-state index in [-0.39, 0.29) is 0 Å². The molecule has 1 aromatic carbocycles. The summed E-state index contributed by atoms with van der Waals surface area (Å²) in [6.07, 6.45) is 2.78. The van der Waals surface area contributed by atoms with Gasteiger partial charge < -0.3 is 5.73 Å². The first-order valence-electron chi connectivity index (χ1n) is 6.44. The smallest absolute Gasteiger partial charge is 0.0571 e. The highest BCUT2D eigenvalue weighted by molar-refractivity contribution is 5.65. The Labute approximate surface area is 109 Å². The molecular weight excluding hydrogens is 222 g/mol. The van der Waals surface area contributed by atoms with Crippen molar-refractivity contribution in [2.75, 3.05) is 6.54 Å². The van der Waals surface area contributed by atoms with Crippen molar-refractivity contribution in [3.63, 3.8) is 0 Å². The van der Waals surface area contributed by atoms with Crippen LogP contribution in [0.25, 0.3) is 11.1 Å². The fraction of sp³-hybridized carbons (Fsp3) is 0.400. The van der Waals surface area contributed by atoms with Crippen LogP contribution in [0.3, 0.4) is 0 Å². The average Bonchev–Trinajstić information content (AvgIpc) is 2.72. The molecule has 2 aromatic rings. The maximum absolute atomic E-state index is 5.66. The summed E-state index contributed by atoms with van der Waals surface area (Å²) in [7, 11) is 1.97. The summed E-state index contributed by atoms with van der Waals surface area (Å²) >= 11 is 0. The van der Waals surface area contributed by atoms with E-state index in [1.165, 1.54) is 22.4 Å². The maximum atomic E-state index is 5.66. The summed E-state index contributed by atoms with van der Waals surface area (Å²) in [5.41, 5.74) is 10.6. The van der Waals surface area contributed by atoms with Crippen molar-refractivity contribution in [1.82, 2.24) is 9.78 Å². The predicted octanol–water partition coefficient (Wildman–Crippen LogP) is 2.71. The third kappa shape index (κ3) is 2.46. The molecule has 1 aromatic heterocycles. The minimum absolute atomic E-state index is 0.566. The van der Waals surface area contributed by atoms with E-state index in [9.17, 15) is 0 Å². The number of hydrogen-bond donors (Lipinski definition) is 1. The molecule has 3 nitrogen and oxygen atoms in total. The lowest BCUT2D eigenvalue weighted by molar-refractivity contribution is 0.707. The van der Waals surface area contributed by atoms with Crippen molar-refractivity contribution in [2.45, 2.75) is 26.2 Å². The standard InChI is InChI=1S/C15H21N3/c1-11(2)12-4-6-13(7-5-12)14-10-17-18(3)15(14)8-9-16/h4-7,10-11H,8-9,16H2,1-3H3. The van der Waals surface area contributed by atoms with Gasteiger partial charge in [-0.2, -0.15) is 5.10 Å². The second kappa shape index (κ2) is 5.36. The maximum Gasteiger partial charge on any atom is 0.0571 e. The zero-order chi connectivity index (χ0) is 13.1. The van der Waals surface area contributed by atoms with Crippen molar-refractivity contribution in [3.05, 3.63) is 41.7 Å². The summed E-state index contributed by atoms with van der Waals surface area (Å²) in [5, 5.41) is 4.33. The molecule has 0 radical (unpaired) electrons. The van der Waals surface area contributed by atoms with Crippen molar-refractivity contribution >= 4 is 0 Å². The first-order valence-corrected chi connectivity index (χ1v) is 6.44. The van der Waals surface area contributed by atoms with Gasteiger partial charge in [-0.1, -0.05) is 38.1 Å². The molecule has 0 saturated heterocycles. The summed E-state index contributed by atoms with van der Waals surface area (Å²) in [5.74, 6) is 0.566. The second-order valence-corrected chi connectivity index (χ2v) is 4.94. The fourth-order valence-corrected chi connectivity index (χ4v) is 2.18. The van der Waals surface area contributed by atoms with Crippen LogP contribution in [0.5, 0.6) is 0 Å². The molecule has 1 heterocycles. The number of aromatic nitrogens is 2. The van der Waals surface area contributed by atoms with Gasteiger partial charge in [0.15, 0.2) is 0 Å². The number of hydrogen-bond acceptors (Lipinski definition) is 2. The lowest BCUT2D eigenvalue weighted by Crippen LogP contribution is -2.08. The van der Waals surface area contributed by atoms with Gasteiger partial charge >= 0.3 is 0 Å². The molecule has 0 amide bonds. The molecule has 18 heavy (non-hydrogen) atoms. The molecule has 0 atom stereocenters. The average molecular weight is 243 g/mol. The predicted molar refractivity (Wildman–Crippen MR) is 75.5 cm³/mol. The van der Waals surface area contributed by atoms with Crippen molar-refractivity contribution < 1.29 is 0 Å². The van der Waals surface area contributed by atoms with E-state index in [1.807, 2.05) is 17.9 Å². The zero-order valence-corrected chi connectivity index (χ0v) is 11.4. The number of benzene rings is 1. The van der Waals surface area contributed by atoms with E-state index < -0.39 is 0 Å². The summed E-state index contributed by atoms with van der Waals surface area (Å²) in [6, 6.07) is 8.73. The first-order chi connectivity index (χ1) is 8.63. The van der Waals surface area contributed by atoms with Gasteiger partial charge in [0.1, 0.15) is 0 Å². The van der Waals surface area contributed by atoms with Gasteiger partial charge in [-0.15, -0.1) is 0 Å². The zero-order valence-electron chi connectivity index (χ0n) is 11.4. The molecule has 2 rings (SSSR count). The highest BCUT2D eigenvalue weighted by atomic mass is 15.3. The summed E-state index contributed by atoms with van der Waals surface area (Å²) in [6.45, 7) is 5.06. The van der Waals surface area contributed by atoms with Crippen molar-refractivity contribution in [3.8, 4) is 11.1 Å². The molecule has 0 fully saturated rings. The number of aryl methyl sites for hydroxylation is 1. The molecule has 0 aliphatic rings. The van der Waals surface area contributed by atoms with Crippen LogP contribution in [0.4, 0.5) is 0 Å². The monoisotopic (exact) mass is 243 g/mol. The van der Waals surface area contributed by atoms with E-state index >= 15 is 0 Å². The second-order valence-electron chi connectivity index (χ2n) is 4.94. The minimum Gasteiger partial charge on any atom is -0.330 e. The number of nitrogens with zero attached hydrogens (tertiary/aromatic N) is 2. The Morgan fingerprint density at radius 3 is 2.44 bits per heavy atom. The van der Waals surface area contributed by atoms with Gasteiger partial charge in [0, 0.05) is 24.7 Å². The van der Waals surface area contributed by atoms with Gasteiger partial charge in [-0.05, 0) is 23.6 Å².